The maximum Gasteiger partial charge on any atom is 0.246 e. The fourth-order valence-corrected chi connectivity index (χ4v) is 3.37. The van der Waals surface area contributed by atoms with E-state index < -0.39 is 0 Å². The average Bonchev–Trinajstić information content (AvgIpc) is 2.87. The summed E-state index contributed by atoms with van der Waals surface area (Å²) in [6.07, 6.45) is 5.01. The van der Waals surface area contributed by atoms with Crippen molar-refractivity contribution < 1.29 is 4.79 Å². The number of benzene rings is 1. The van der Waals surface area contributed by atoms with Gasteiger partial charge in [-0.25, -0.2) is 0 Å². The number of halogens is 1. The molecule has 1 aliphatic heterocycles. The zero-order valence-corrected chi connectivity index (χ0v) is 12.1. The summed E-state index contributed by atoms with van der Waals surface area (Å²) in [5.74, 6) is 0.187. The molecule has 96 valence electrons. The first kappa shape index (κ1) is 12.0. The van der Waals surface area contributed by atoms with Gasteiger partial charge in [0.2, 0.25) is 5.91 Å². The van der Waals surface area contributed by atoms with Crippen LogP contribution in [0.5, 0.6) is 0 Å². The molecule has 1 aliphatic carbocycles. The molecule has 2 aliphatic rings. The van der Waals surface area contributed by atoms with Crippen LogP contribution in [-0.2, 0) is 4.79 Å². The topological polar surface area (TPSA) is 23.6 Å². The first-order chi connectivity index (χ1) is 8.66. The van der Waals surface area contributed by atoms with E-state index in [1.807, 2.05) is 13.1 Å². The lowest BCUT2D eigenvalue weighted by Crippen LogP contribution is -2.47. The Morgan fingerprint density at radius 3 is 2.67 bits per heavy atom. The summed E-state index contributed by atoms with van der Waals surface area (Å²) in [4.78, 5) is 16.2. The second-order valence-corrected chi connectivity index (χ2v) is 6.07. The largest absolute Gasteiger partial charge is 0.358 e. The fourth-order valence-electron chi connectivity index (χ4n) is 3.02. The quantitative estimate of drug-likeness (QED) is 0.795. The minimum absolute atomic E-state index is 0.187. The van der Waals surface area contributed by atoms with Crippen LogP contribution in [0.2, 0.25) is 0 Å². The van der Waals surface area contributed by atoms with Crippen LogP contribution in [-0.4, -0.2) is 25.5 Å². The number of nitrogens with zero attached hydrogens (tertiary/aromatic N) is 2. The molecule has 0 atom stereocenters. The molecule has 1 saturated carbocycles. The van der Waals surface area contributed by atoms with Gasteiger partial charge in [-0.1, -0.05) is 28.8 Å². The summed E-state index contributed by atoms with van der Waals surface area (Å²) >= 11 is 3.48. The van der Waals surface area contributed by atoms with Crippen LogP contribution >= 0.6 is 15.9 Å². The first-order valence-corrected chi connectivity index (χ1v) is 7.29. The predicted molar refractivity (Wildman–Crippen MR) is 77.2 cm³/mol. The second kappa shape index (κ2) is 4.57. The molecule has 0 spiro atoms. The van der Waals surface area contributed by atoms with Crippen LogP contribution < -0.4 is 9.80 Å². The monoisotopic (exact) mass is 308 g/mol. The van der Waals surface area contributed by atoms with Gasteiger partial charge in [-0.15, -0.1) is 0 Å². The van der Waals surface area contributed by atoms with Gasteiger partial charge in [0.15, 0.2) is 0 Å². The number of hydrogen-bond donors (Lipinski definition) is 0. The summed E-state index contributed by atoms with van der Waals surface area (Å²) in [5.41, 5.74) is 2.22. The average molecular weight is 309 g/mol. The number of carbonyl (C=O) groups excluding carboxylic acids is 1. The molecule has 0 bridgehead atoms. The highest BCUT2D eigenvalue weighted by atomic mass is 79.9. The van der Waals surface area contributed by atoms with Crippen molar-refractivity contribution >= 4 is 33.2 Å². The van der Waals surface area contributed by atoms with E-state index >= 15 is 0 Å². The molecule has 0 N–H and O–H groups in total. The standard InChI is InChI=1S/C14H17BrN2O/c1-16-13-8-10(15)6-7-12(13)17(9-14(16)18)11-4-2-3-5-11/h6-8,11H,2-5,9H2,1H3. The van der Waals surface area contributed by atoms with Gasteiger partial charge in [0.05, 0.1) is 17.9 Å². The van der Waals surface area contributed by atoms with Gasteiger partial charge in [-0.3, -0.25) is 4.79 Å². The third-order valence-corrected chi connectivity index (χ3v) is 4.55. The Labute approximate surface area is 116 Å². The first-order valence-electron chi connectivity index (χ1n) is 6.49. The smallest absolute Gasteiger partial charge is 0.246 e. The number of carbonyl (C=O) groups is 1. The number of fused-ring (bicyclic) bond motifs is 1. The number of amides is 1. The Morgan fingerprint density at radius 1 is 1.22 bits per heavy atom. The summed E-state index contributed by atoms with van der Waals surface area (Å²) < 4.78 is 1.02. The summed E-state index contributed by atoms with van der Waals surface area (Å²) in [6.45, 7) is 0.524. The molecule has 1 aromatic rings. The molecule has 1 heterocycles. The van der Waals surface area contributed by atoms with E-state index in [0.29, 0.717) is 12.6 Å². The Balaban J connectivity index is 2.03. The van der Waals surface area contributed by atoms with Gasteiger partial charge in [0.1, 0.15) is 0 Å². The Bertz CT molecular complexity index is 483. The van der Waals surface area contributed by atoms with E-state index in [1.54, 1.807) is 4.90 Å². The maximum atomic E-state index is 12.1. The van der Waals surface area contributed by atoms with Crippen molar-refractivity contribution in [3.63, 3.8) is 0 Å². The van der Waals surface area contributed by atoms with E-state index in [2.05, 4.69) is 33.0 Å². The molecular weight excluding hydrogens is 292 g/mol. The minimum atomic E-state index is 0.187. The Hall–Kier alpha value is -1.03. The molecule has 0 unspecified atom stereocenters. The highest BCUT2D eigenvalue weighted by Gasteiger charge is 2.32. The zero-order valence-electron chi connectivity index (χ0n) is 10.5. The Kier molecular flexibility index (Phi) is 3.06. The molecule has 1 amide bonds. The number of hydrogen-bond acceptors (Lipinski definition) is 2. The maximum absolute atomic E-state index is 12.1. The van der Waals surface area contributed by atoms with E-state index in [9.17, 15) is 4.79 Å². The molecular formula is C14H17BrN2O. The molecule has 1 aromatic carbocycles. The van der Waals surface area contributed by atoms with Gasteiger partial charge in [-0.2, -0.15) is 0 Å². The highest BCUT2D eigenvalue weighted by Crippen LogP contribution is 2.38. The number of likely N-dealkylation sites (N-methyl/N-ethyl adjacent to an activating group) is 1. The third kappa shape index (κ3) is 1.92. The predicted octanol–water partition coefficient (Wildman–Crippen LogP) is 3.17. The zero-order chi connectivity index (χ0) is 12.7. The summed E-state index contributed by atoms with van der Waals surface area (Å²) in [5, 5.41) is 0. The van der Waals surface area contributed by atoms with Gasteiger partial charge in [-0.05, 0) is 31.0 Å². The Morgan fingerprint density at radius 2 is 1.94 bits per heavy atom. The lowest BCUT2D eigenvalue weighted by atomic mass is 10.1. The van der Waals surface area contributed by atoms with E-state index in [4.69, 9.17) is 0 Å². The molecule has 3 nitrogen and oxygen atoms in total. The van der Waals surface area contributed by atoms with Crippen molar-refractivity contribution in [2.45, 2.75) is 31.7 Å². The third-order valence-electron chi connectivity index (χ3n) is 4.05. The van der Waals surface area contributed by atoms with E-state index in [-0.39, 0.29) is 5.91 Å². The fraction of sp³-hybridized carbons (Fsp3) is 0.500. The van der Waals surface area contributed by atoms with Crippen molar-refractivity contribution in [3.05, 3.63) is 22.7 Å². The van der Waals surface area contributed by atoms with Crippen molar-refractivity contribution in [2.24, 2.45) is 0 Å². The van der Waals surface area contributed by atoms with Crippen LogP contribution in [0, 0.1) is 0 Å². The van der Waals surface area contributed by atoms with Gasteiger partial charge >= 0.3 is 0 Å². The SMILES string of the molecule is CN1C(=O)CN(C2CCCC2)c2ccc(Br)cc21. The molecule has 0 radical (unpaired) electrons. The molecule has 1 fully saturated rings. The van der Waals surface area contributed by atoms with Crippen molar-refractivity contribution in [1.29, 1.82) is 0 Å². The molecule has 3 rings (SSSR count). The summed E-state index contributed by atoms with van der Waals surface area (Å²) in [6, 6.07) is 6.77. The normalized spacial score (nSPS) is 20.4. The minimum Gasteiger partial charge on any atom is -0.358 e. The van der Waals surface area contributed by atoms with Crippen LogP contribution in [0.15, 0.2) is 22.7 Å². The van der Waals surface area contributed by atoms with E-state index in [1.165, 1.54) is 31.4 Å². The van der Waals surface area contributed by atoms with Crippen LogP contribution in [0.1, 0.15) is 25.7 Å². The van der Waals surface area contributed by atoms with Crippen molar-refractivity contribution in [2.75, 3.05) is 23.4 Å². The van der Waals surface area contributed by atoms with Gasteiger partial charge in [0, 0.05) is 17.6 Å². The lowest BCUT2D eigenvalue weighted by Gasteiger charge is -2.39. The molecule has 18 heavy (non-hydrogen) atoms. The summed E-state index contributed by atoms with van der Waals surface area (Å²) in [7, 11) is 1.86. The van der Waals surface area contributed by atoms with Crippen LogP contribution in [0.25, 0.3) is 0 Å². The molecule has 4 heteroatoms. The van der Waals surface area contributed by atoms with E-state index in [0.717, 1.165) is 10.2 Å². The highest BCUT2D eigenvalue weighted by molar-refractivity contribution is 9.10. The lowest BCUT2D eigenvalue weighted by molar-refractivity contribution is -0.117. The van der Waals surface area contributed by atoms with Gasteiger partial charge in [0.25, 0.3) is 0 Å². The van der Waals surface area contributed by atoms with Crippen LogP contribution in [0.4, 0.5) is 11.4 Å². The number of rotatable bonds is 1. The van der Waals surface area contributed by atoms with Crippen molar-refractivity contribution in [1.82, 2.24) is 0 Å². The second-order valence-electron chi connectivity index (χ2n) is 5.15. The van der Waals surface area contributed by atoms with Crippen LogP contribution in [0.3, 0.4) is 0 Å². The molecule has 0 saturated heterocycles. The molecule has 0 aromatic heterocycles. The van der Waals surface area contributed by atoms with Crippen molar-refractivity contribution in [3.8, 4) is 0 Å². The van der Waals surface area contributed by atoms with Gasteiger partial charge < -0.3 is 9.80 Å². The number of anilines is 2.